The number of hydrogen-bond donors (Lipinski definition) is 1. The highest BCUT2D eigenvalue weighted by molar-refractivity contribution is 6.30. The summed E-state index contributed by atoms with van der Waals surface area (Å²) in [7, 11) is 0. The van der Waals surface area contributed by atoms with Crippen LogP contribution in [-0.2, 0) is 0 Å². The van der Waals surface area contributed by atoms with Crippen LogP contribution in [0.1, 0.15) is 20.3 Å². The summed E-state index contributed by atoms with van der Waals surface area (Å²) in [6.07, 6.45) is 2.35. The Balaban J connectivity index is 2.77. The van der Waals surface area contributed by atoms with Gasteiger partial charge in [-0.05, 0) is 19.4 Å². The van der Waals surface area contributed by atoms with Gasteiger partial charge in [0, 0.05) is 12.2 Å². The Morgan fingerprint density at radius 1 is 1.69 bits per heavy atom. The van der Waals surface area contributed by atoms with Gasteiger partial charge in [-0.2, -0.15) is 0 Å². The Bertz CT molecular complexity index is 291. The molecule has 72 valence electrons. The molecule has 0 aliphatic heterocycles. The molecule has 0 fully saturated rings. The van der Waals surface area contributed by atoms with Crippen LogP contribution in [0.4, 0.5) is 10.2 Å². The van der Waals surface area contributed by atoms with Gasteiger partial charge in [0.05, 0.1) is 5.02 Å². The molecule has 0 aliphatic rings. The molecule has 1 aromatic rings. The molecule has 1 rings (SSSR count). The number of pyridine rings is 1. The Kier molecular flexibility index (Phi) is 3.48. The van der Waals surface area contributed by atoms with Gasteiger partial charge in [-0.3, -0.25) is 0 Å². The predicted molar refractivity (Wildman–Crippen MR) is 52.6 cm³/mol. The summed E-state index contributed by atoms with van der Waals surface area (Å²) < 4.78 is 13.1. The number of nitrogens with one attached hydrogen (secondary N) is 1. The van der Waals surface area contributed by atoms with Crippen molar-refractivity contribution in [2.24, 2.45) is 0 Å². The molecule has 13 heavy (non-hydrogen) atoms. The number of hydrogen-bond acceptors (Lipinski definition) is 2. The van der Waals surface area contributed by atoms with E-state index in [1.807, 2.05) is 13.8 Å². The summed E-state index contributed by atoms with van der Waals surface area (Å²) in [5.74, 6) is -0.147. The summed E-state index contributed by atoms with van der Waals surface area (Å²) in [6, 6.07) is 1.46. The Hall–Kier alpha value is -0.830. The molecule has 0 saturated carbocycles. The number of anilines is 1. The highest BCUT2D eigenvalue weighted by Gasteiger charge is 2.06. The lowest BCUT2D eigenvalue weighted by Gasteiger charge is -2.12. The van der Waals surface area contributed by atoms with Crippen molar-refractivity contribution in [1.82, 2.24) is 4.98 Å². The molecule has 0 bridgehead atoms. The van der Waals surface area contributed by atoms with Gasteiger partial charge < -0.3 is 5.32 Å². The Morgan fingerprint density at radius 3 is 2.92 bits per heavy atom. The van der Waals surface area contributed by atoms with Crippen LogP contribution in [0, 0.1) is 5.82 Å². The van der Waals surface area contributed by atoms with E-state index in [2.05, 4.69) is 10.3 Å². The van der Waals surface area contributed by atoms with E-state index >= 15 is 0 Å². The van der Waals surface area contributed by atoms with Crippen LogP contribution in [0.2, 0.25) is 5.02 Å². The zero-order valence-corrected chi connectivity index (χ0v) is 8.40. The van der Waals surface area contributed by atoms with Gasteiger partial charge in [0.2, 0.25) is 0 Å². The molecule has 0 amide bonds. The maximum Gasteiger partial charge on any atom is 0.166 e. The lowest BCUT2D eigenvalue weighted by atomic mass is 10.2. The van der Waals surface area contributed by atoms with Crippen molar-refractivity contribution in [2.45, 2.75) is 26.3 Å². The molecule has 0 saturated heterocycles. The van der Waals surface area contributed by atoms with Crippen molar-refractivity contribution in [1.29, 1.82) is 0 Å². The molecule has 1 unspecified atom stereocenters. The SMILES string of the molecule is CCC(C)Nc1ncc(Cl)cc1F. The molecular weight excluding hydrogens is 191 g/mol. The van der Waals surface area contributed by atoms with E-state index in [0.29, 0.717) is 5.02 Å². The fourth-order valence-corrected chi connectivity index (χ4v) is 1.00. The van der Waals surface area contributed by atoms with Crippen molar-refractivity contribution in [3.63, 3.8) is 0 Å². The van der Waals surface area contributed by atoms with Crippen LogP contribution in [-0.4, -0.2) is 11.0 Å². The minimum Gasteiger partial charge on any atom is -0.365 e. The summed E-state index contributed by atoms with van der Waals surface area (Å²) in [6.45, 7) is 3.99. The topological polar surface area (TPSA) is 24.9 Å². The average Bonchev–Trinajstić information content (AvgIpc) is 2.09. The van der Waals surface area contributed by atoms with Crippen molar-refractivity contribution >= 4 is 17.4 Å². The van der Waals surface area contributed by atoms with Gasteiger partial charge >= 0.3 is 0 Å². The van der Waals surface area contributed by atoms with Gasteiger partial charge in [0.25, 0.3) is 0 Å². The summed E-state index contributed by atoms with van der Waals surface area (Å²) in [5, 5.41) is 3.25. The zero-order valence-electron chi connectivity index (χ0n) is 7.64. The van der Waals surface area contributed by atoms with Crippen molar-refractivity contribution in [3.8, 4) is 0 Å². The van der Waals surface area contributed by atoms with E-state index < -0.39 is 5.82 Å². The number of halogens is 2. The molecule has 0 spiro atoms. The fourth-order valence-electron chi connectivity index (χ4n) is 0.856. The molecule has 1 aromatic heterocycles. The Labute approximate surface area is 82.1 Å². The van der Waals surface area contributed by atoms with E-state index in [4.69, 9.17) is 11.6 Å². The smallest absolute Gasteiger partial charge is 0.166 e. The first kappa shape index (κ1) is 10.3. The first-order valence-corrected chi connectivity index (χ1v) is 4.59. The lowest BCUT2D eigenvalue weighted by Crippen LogP contribution is -2.15. The summed E-state index contributed by atoms with van der Waals surface area (Å²) in [5.41, 5.74) is 0. The second kappa shape index (κ2) is 4.42. The van der Waals surface area contributed by atoms with E-state index in [1.54, 1.807) is 0 Å². The van der Waals surface area contributed by atoms with Gasteiger partial charge in [-0.25, -0.2) is 9.37 Å². The molecule has 4 heteroatoms. The lowest BCUT2D eigenvalue weighted by molar-refractivity contribution is 0.618. The minimum atomic E-state index is -0.409. The fraction of sp³-hybridized carbons (Fsp3) is 0.444. The van der Waals surface area contributed by atoms with E-state index in [1.165, 1.54) is 12.3 Å². The van der Waals surface area contributed by atoms with Crippen LogP contribution >= 0.6 is 11.6 Å². The normalized spacial score (nSPS) is 12.6. The molecular formula is C9H12ClFN2. The second-order valence-corrected chi connectivity index (χ2v) is 3.37. The van der Waals surface area contributed by atoms with Crippen LogP contribution in [0.25, 0.3) is 0 Å². The monoisotopic (exact) mass is 202 g/mol. The standard InChI is InChI=1S/C9H12ClFN2/c1-3-6(2)13-9-8(11)4-7(10)5-12-9/h4-6H,3H2,1-2H3,(H,12,13). The third-order valence-electron chi connectivity index (χ3n) is 1.80. The summed E-state index contributed by atoms with van der Waals surface area (Å²) >= 11 is 5.56. The maximum atomic E-state index is 13.1. The van der Waals surface area contributed by atoms with Gasteiger partial charge in [0.1, 0.15) is 0 Å². The van der Waals surface area contributed by atoms with Gasteiger partial charge in [0.15, 0.2) is 11.6 Å². The van der Waals surface area contributed by atoms with Crippen LogP contribution < -0.4 is 5.32 Å². The molecule has 0 aliphatic carbocycles. The maximum absolute atomic E-state index is 13.1. The third kappa shape index (κ3) is 2.84. The van der Waals surface area contributed by atoms with Gasteiger partial charge in [-0.15, -0.1) is 0 Å². The third-order valence-corrected chi connectivity index (χ3v) is 2.01. The molecule has 0 aromatic carbocycles. The summed E-state index contributed by atoms with van der Waals surface area (Å²) in [4.78, 5) is 3.85. The molecule has 1 atom stereocenters. The highest BCUT2D eigenvalue weighted by atomic mass is 35.5. The second-order valence-electron chi connectivity index (χ2n) is 2.94. The van der Waals surface area contributed by atoms with Crippen molar-refractivity contribution < 1.29 is 4.39 Å². The minimum absolute atomic E-state index is 0.211. The first-order chi connectivity index (χ1) is 6.13. The Morgan fingerprint density at radius 2 is 2.38 bits per heavy atom. The average molecular weight is 203 g/mol. The molecule has 1 heterocycles. The quantitative estimate of drug-likeness (QED) is 0.815. The van der Waals surface area contributed by atoms with E-state index in [-0.39, 0.29) is 11.9 Å². The van der Waals surface area contributed by atoms with E-state index in [0.717, 1.165) is 6.42 Å². The highest BCUT2D eigenvalue weighted by Crippen LogP contribution is 2.16. The molecule has 2 nitrogen and oxygen atoms in total. The largest absolute Gasteiger partial charge is 0.365 e. The van der Waals surface area contributed by atoms with Gasteiger partial charge in [-0.1, -0.05) is 18.5 Å². The van der Waals surface area contributed by atoms with Crippen molar-refractivity contribution in [3.05, 3.63) is 23.1 Å². The zero-order chi connectivity index (χ0) is 9.84. The predicted octanol–water partition coefficient (Wildman–Crippen LogP) is 3.08. The van der Waals surface area contributed by atoms with Crippen LogP contribution in [0.5, 0.6) is 0 Å². The number of nitrogens with zero attached hydrogens (tertiary/aromatic N) is 1. The van der Waals surface area contributed by atoms with Crippen LogP contribution in [0.3, 0.4) is 0 Å². The van der Waals surface area contributed by atoms with E-state index in [9.17, 15) is 4.39 Å². The first-order valence-electron chi connectivity index (χ1n) is 4.21. The number of aromatic nitrogens is 1. The molecule has 0 radical (unpaired) electrons. The molecule has 1 N–H and O–H groups in total. The number of rotatable bonds is 3. The van der Waals surface area contributed by atoms with Crippen molar-refractivity contribution in [2.75, 3.05) is 5.32 Å². The van der Waals surface area contributed by atoms with Crippen LogP contribution in [0.15, 0.2) is 12.3 Å².